The molecule has 4 aromatic heterocycles. The topological polar surface area (TPSA) is 105 Å². The molecule has 0 radical (unpaired) electrons. The van der Waals surface area contributed by atoms with Crippen LogP contribution in [-0.2, 0) is 17.9 Å². The van der Waals surface area contributed by atoms with Crippen LogP contribution in [0, 0.1) is 18.6 Å². The van der Waals surface area contributed by atoms with Crippen LogP contribution in [0.3, 0.4) is 0 Å². The van der Waals surface area contributed by atoms with Gasteiger partial charge in [-0.3, -0.25) is 18.8 Å². The number of aromatic nitrogens is 6. The van der Waals surface area contributed by atoms with Crippen molar-refractivity contribution >= 4 is 39.6 Å². The minimum Gasteiger partial charge on any atom is -0.328 e. The number of imidazole rings is 1. The fourth-order valence-corrected chi connectivity index (χ4v) is 5.16. The Hall–Kier alpha value is -4.23. The third-order valence-electron chi connectivity index (χ3n) is 6.56. The van der Waals surface area contributed by atoms with E-state index in [0.29, 0.717) is 11.5 Å². The minimum atomic E-state index is -1.11. The number of anilines is 3. The van der Waals surface area contributed by atoms with Crippen LogP contribution >= 0.6 is 11.5 Å². The Morgan fingerprint density at radius 1 is 1.17 bits per heavy atom. The number of nitrogens with one attached hydrogen (secondary N) is 2. The average Bonchev–Trinajstić information content (AvgIpc) is 3.64. The van der Waals surface area contributed by atoms with Gasteiger partial charge in [0.1, 0.15) is 11.5 Å². The summed E-state index contributed by atoms with van der Waals surface area (Å²) in [4.78, 5) is 24.1. The number of amides is 1. The van der Waals surface area contributed by atoms with Crippen LogP contribution in [0.1, 0.15) is 39.1 Å². The lowest BCUT2D eigenvalue weighted by Crippen LogP contribution is -2.40. The molecule has 1 amide bonds. The maximum absolute atomic E-state index is 13.9. The van der Waals surface area contributed by atoms with Gasteiger partial charge in [-0.1, -0.05) is 13.0 Å². The fraction of sp³-hybridized carbons (Fsp3) is 0.321. The summed E-state index contributed by atoms with van der Waals surface area (Å²) >= 11 is 1.38. The molecule has 0 aliphatic rings. The van der Waals surface area contributed by atoms with E-state index in [-0.39, 0.29) is 17.8 Å². The molecule has 0 unspecified atom stereocenters. The largest absolute Gasteiger partial charge is 0.328 e. The Morgan fingerprint density at radius 3 is 2.73 bits per heavy atom. The highest BCUT2D eigenvalue weighted by Gasteiger charge is 2.21. The van der Waals surface area contributed by atoms with Crippen LogP contribution in [0.5, 0.6) is 0 Å². The molecule has 0 atom stereocenters. The Bertz CT molecular complexity index is 1700. The lowest BCUT2D eigenvalue weighted by molar-refractivity contribution is -0.116. The quantitative estimate of drug-likeness (QED) is 0.233. The first-order valence-corrected chi connectivity index (χ1v) is 13.9. The predicted molar refractivity (Wildman–Crippen MR) is 155 cm³/mol. The molecule has 0 saturated heterocycles. The summed E-state index contributed by atoms with van der Waals surface area (Å²) in [6.45, 7) is 12.1. The highest BCUT2D eigenvalue weighted by molar-refractivity contribution is 7.10. The molecule has 5 rings (SSSR count). The summed E-state index contributed by atoms with van der Waals surface area (Å²) in [7, 11) is 0. The van der Waals surface area contributed by atoms with Crippen molar-refractivity contribution in [3.63, 3.8) is 0 Å². The fourth-order valence-electron chi connectivity index (χ4n) is 4.51. The maximum atomic E-state index is 13.9. The molecular weight excluding hydrogens is 548 g/mol. The van der Waals surface area contributed by atoms with E-state index in [2.05, 4.69) is 62.7 Å². The second kappa shape index (κ2) is 11.3. The molecule has 0 saturated carbocycles. The molecule has 0 bridgehead atoms. The molecule has 0 fully saturated rings. The van der Waals surface area contributed by atoms with Gasteiger partial charge in [0.2, 0.25) is 5.91 Å². The van der Waals surface area contributed by atoms with Gasteiger partial charge in [0.05, 0.1) is 35.2 Å². The summed E-state index contributed by atoms with van der Waals surface area (Å²) in [5.74, 6) is -2.08. The summed E-state index contributed by atoms with van der Waals surface area (Å²) in [5.41, 5.74) is 3.68. The van der Waals surface area contributed by atoms with E-state index in [4.69, 9.17) is 0 Å². The van der Waals surface area contributed by atoms with E-state index in [9.17, 15) is 13.6 Å². The van der Waals surface area contributed by atoms with E-state index >= 15 is 0 Å². The van der Waals surface area contributed by atoms with Gasteiger partial charge in [-0.05, 0) is 64.0 Å². The highest BCUT2D eigenvalue weighted by Crippen LogP contribution is 2.28. The minimum absolute atomic E-state index is 0.0410. The SMILES string of the molecule is CCN(Cc1cc(Nc2nc(C)cn3c(-c4cnn(CC(=O)Nc5cccc(F)c5F)c4)cnc23)sn1)C(C)(C)C. The summed E-state index contributed by atoms with van der Waals surface area (Å²) in [6.07, 6.45) is 6.90. The molecule has 214 valence electrons. The standard InChI is InChI=1S/C28H31F2N9OS/c1-6-37(28(3,4)5)15-19-10-24(41-36-19)35-26-27-31-12-22(39(27)13-17(2)33-26)18-11-32-38(14-18)16-23(40)34-21-9-7-8-20(29)25(21)30/h7-14H,6,15-16H2,1-5H3,(H,33,35)(H,34,40). The molecular formula is C28H31F2N9OS. The molecule has 4 heterocycles. The first-order chi connectivity index (χ1) is 19.5. The van der Waals surface area contributed by atoms with Gasteiger partial charge >= 0.3 is 0 Å². The van der Waals surface area contributed by atoms with Gasteiger partial charge in [-0.25, -0.2) is 18.7 Å². The van der Waals surface area contributed by atoms with Crippen molar-refractivity contribution in [1.29, 1.82) is 0 Å². The summed E-state index contributed by atoms with van der Waals surface area (Å²) in [6, 6.07) is 5.64. The third kappa shape index (κ3) is 6.25. The van der Waals surface area contributed by atoms with Crippen molar-refractivity contribution in [2.45, 2.75) is 53.2 Å². The molecule has 0 aliphatic heterocycles. The molecule has 5 aromatic rings. The number of fused-ring (bicyclic) bond motifs is 1. The molecule has 13 heteroatoms. The van der Waals surface area contributed by atoms with Crippen LogP contribution < -0.4 is 10.6 Å². The monoisotopic (exact) mass is 579 g/mol. The van der Waals surface area contributed by atoms with E-state index in [1.54, 1.807) is 18.6 Å². The zero-order chi connectivity index (χ0) is 29.3. The zero-order valence-corrected chi connectivity index (χ0v) is 24.3. The Morgan fingerprint density at radius 2 is 1.98 bits per heavy atom. The predicted octanol–water partition coefficient (Wildman–Crippen LogP) is 5.64. The van der Waals surface area contributed by atoms with Gasteiger partial charge in [0.15, 0.2) is 23.1 Å². The number of hydrogen-bond donors (Lipinski definition) is 2. The van der Waals surface area contributed by atoms with Crippen LogP contribution in [0.4, 0.5) is 25.3 Å². The van der Waals surface area contributed by atoms with Crippen molar-refractivity contribution < 1.29 is 13.6 Å². The van der Waals surface area contributed by atoms with Crippen LogP contribution in [0.25, 0.3) is 16.9 Å². The van der Waals surface area contributed by atoms with E-state index in [1.165, 1.54) is 28.3 Å². The van der Waals surface area contributed by atoms with E-state index in [1.807, 2.05) is 23.6 Å². The molecule has 1 aromatic carbocycles. The number of aryl methyl sites for hydroxylation is 1. The lowest BCUT2D eigenvalue weighted by atomic mass is 10.1. The Labute approximate surface area is 240 Å². The summed E-state index contributed by atoms with van der Waals surface area (Å²) in [5, 5.41) is 10.9. The number of rotatable bonds is 9. The van der Waals surface area contributed by atoms with Crippen LogP contribution in [0.2, 0.25) is 0 Å². The Balaban J connectivity index is 1.33. The normalized spacial score (nSPS) is 11.9. The van der Waals surface area contributed by atoms with Gasteiger partial charge in [0.25, 0.3) is 0 Å². The molecule has 41 heavy (non-hydrogen) atoms. The lowest BCUT2D eigenvalue weighted by Gasteiger charge is -2.34. The van der Waals surface area contributed by atoms with Gasteiger partial charge in [-0.2, -0.15) is 9.47 Å². The van der Waals surface area contributed by atoms with Crippen molar-refractivity contribution in [2.24, 2.45) is 0 Å². The number of hydrogen-bond acceptors (Lipinski definition) is 8. The van der Waals surface area contributed by atoms with Crippen LogP contribution in [-0.4, -0.2) is 51.4 Å². The Kier molecular flexibility index (Phi) is 7.82. The van der Waals surface area contributed by atoms with Crippen LogP contribution in [0.15, 0.2) is 49.1 Å². The van der Waals surface area contributed by atoms with Gasteiger partial charge in [-0.15, -0.1) is 0 Å². The maximum Gasteiger partial charge on any atom is 0.246 e. The van der Waals surface area contributed by atoms with Crippen molar-refractivity contribution in [1.82, 2.24) is 33.4 Å². The average molecular weight is 580 g/mol. The van der Waals surface area contributed by atoms with Gasteiger partial charge < -0.3 is 10.6 Å². The van der Waals surface area contributed by atoms with Crippen molar-refractivity contribution in [3.8, 4) is 11.3 Å². The molecule has 10 nitrogen and oxygen atoms in total. The second-order valence-electron chi connectivity index (χ2n) is 10.6. The van der Waals surface area contributed by atoms with E-state index < -0.39 is 17.5 Å². The van der Waals surface area contributed by atoms with Crippen molar-refractivity contribution in [3.05, 3.63) is 72.1 Å². The first kappa shape index (κ1) is 28.3. The summed E-state index contributed by atoms with van der Waals surface area (Å²) < 4.78 is 35.3. The number of nitrogens with zero attached hydrogens (tertiary/aromatic N) is 7. The number of halogens is 2. The zero-order valence-electron chi connectivity index (χ0n) is 23.4. The number of carbonyl (C=O) groups is 1. The highest BCUT2D eigenvalue weighted by atomic mass is 32.1. The third-order valence-corrected chi connectivity index (χ3v) is 7.30. The van der Waals surface area contributed by atoms with E-state index in [0.717, 1.165) is 46.8 Å². The van der Waals surface area contributed by atoms with Crippen molar-refractivity contribution in [2.75, 3.05) is 17.2 Å². The molecule has 0 spiro atoms. The molecule has 2 N–H and O–H groups in total. The van der Waals surface area contributed by atoms with Gasteiger partial charge in [0, 0.05) is 30.0 Å². The molecule has 0 aliphatic carbocycles. The second-order valence-corrected chi connectivity index (χ2v) is 11.4. The first-order valence-electron chi connectivity index (χ1n) is 13.1. The number of benzene rings is 1. The number of carbonyl (C=O) groups excluding carboxylic acids is 1. The smallest absolute Gasteiger partial charge is 0.246 e.